The maximum atomic E-state index is 11.7. The number of hydrogen-bond donors (Lipinski definition) is 2. The third-order valence-corrected chi connectivity index (χ3v) is 5.44. The Hall–Kier alpha value is -3.91. The smallest absolute Gasteiger partial charge is 0.338 e. The molecule has 2 N–H and O–H groups in total. The van der Waals surface area contributed by atoms with Crippen LogP contribution in [-0.2, 0) is 9.47 Å². The van der Waals surface area contributed by atoms with Gasteiger partial charge >= 0.3 is 5.97 Å². The average Bonchev–Trinajstić information content (AvgIpc) is 2.88. The second kappa shape index (κ2) is 11.3. The zero-order valence-electron chi connectivity index (χ0n) is 19.5. The molecule has 0 amide bonds. The quantitative estimate of drug-likeness (QED) is 0.249. The number of nitrogens with zero attached hydrogens (tertiary/aromatic N) is 3. The SMILES string of the molecule is CCOC(=O)c1ccc(N=Nc2ccc(NNc3ccc(N4CCOCC4)cc3)cc2C)cc1. The Morgan fingerprint density at radius 2 is 1.62 bits per heavy atom. The van der Waals surface area contributed by atoms with Gasteiger partial charge in [0.05, 0.1) is 48.1 Å². The zero-order valence-corrected chi connectivity index (χ0v) is 19.5. The Morgan fingerprint density at radius 3 is 2.29 bits per heavy atom. The highest BCUT2D eigenvalue weighted by atomic mass is 16.5. The minimum Gasteiger partial charge on any atom is -0.462 e. The lowest BCUT2D eigenvalue weighted by Gasteiger charge is -2.29. The normalized spacial score (nSPS) is 13.6. The van der Waals surface area contributed by atoms with Crippen molar-refractivity contribution < 1.29 is 14.3 Å². The summed E-state index contributed by atoms with van der Waals surface area (Å²) in [6.45, 7) is 7.52. The molecule has 3 aromatic rings. The van der Waals surface area contributed by atoms with E-state index in [4.69, 9.17) is 9.47 Å². The van der Waals surface area contributed by atoms with Crippen LogP contribution in [0, 0.1) is 6.92 Å². The molecular weight excluding hydrogens is 430 g/mol. The molecule has 8 nitrogen and oxygen atoms in total. The molecule has 8 heteroatoms. The third kappa shape index (κ3) is 6.11. The van der Waals surface area contributed by atoms with E-state index in [1.54, 1.807) is 31.2 Å². The van der Waals surface area contributed by atoms with Gasteiger partial charge in [0.1, 0.15) is 0 Å². The Labute approximate surface area is 199 Å². The Bertz CT molecular complexity index is 1120. The molecule has 0 aliphatic carbocycles. The van der Waals surface area contributed by atoms with E-state index in [2.05, 4.69) is 50.2 Å². The van der Waals surface area contributed by atoms with Crippen LogP contribution in [0.2, 0.25) is 0 Å². The van der Waals surface area contributed by atoms with Gasteiger partial charge in [-0.3, -0.25) is 0 Å². The largest absolute Gasteiger partial charge is 0.462 e. The number of carbonyl (C=O) groups is 1. The van der Waals surface area contributed by atoms with Crippen molar-refractivity contribution in [3.8, 4) is 0 Å². The summed E-state index contributed by atoms with van der Waals surface area (Å²) in [7, 11) is 0. The van der Waals surface area contributed by atoms with Crippen LogP contribution < -0.4 is 15.8 Å². The van der Waals surface area contributed by atoms with Crippen LogP contribution in [0.3, 0.4) is 0 Å². The molecule has 1 saturated heterocycles. The molecule has 0 saturated carbocycles. The molecule has 1 heterocycles. The van der Waals surface area contributed by atoms with Crippen LogP contribution >= 0.6 is 0 Å². The van der Waals surface area contributed by atoms with E-state index in [9.17, 15) is 4.79 Å². The van der Waals surface area contributed by atoms with E-state index in [-0.39, 0.29) is 5.97 Å². The topological polar surface area (TPSA) is 87.5 Å². The second-order valence-corrected chi connectivity index (χ2v) is 7.86. The molecule has 0 radical (unpaired) electrons. The number of rotatable bonds is 8. The first kappa shape index (κ1) is 23.3. The molecule has 1 fully saturated rings. The summed E-state index contributed by atoms with van der Waals surface area (Å²) in [6.07, 6.45) is 0. The zero-order chi connectivity index (χ0) is 23.8. The van der Waals surface area contributed by atoms with E-state index in [1.807, 2.05) is 25.1 Å². The van der Waals surface area contributed by atoms with Crippen molar-refractivity contribution in [2.45, 2.75) is 13.8 Å². The average molecular weight is 460 g/mol. The molecule has 0 unspecified atom stereocenters. The van der Waals surface area contributed by atoms with Crippen LogP contribution in [0.1, 0.15) is 22.8 Å². The highest BCUT2D eigenvalue weighted by Crippen LogP contribution is 2.26. The van der Waals surface area contributed by atoms with Gasteiger partial charge in [-0.15, -0.1) is 0 Å². The summed E-state index contributed by atoms with van der Waals surface area (Å²) in [5, 5.41) is 8.63. The minimum atomic E-state index is -0.341. The first-order valence-electron chi connectivity index (χ1n) is 11.4. The molecule has 0 atom stereocenters. The Morgan fingerprint density at radius 1 is 0.941 bits per heavy atom. The number of ether oxygens (including phenoxy) is 2. The van der Waals surface area contributed by atoms with Crippen molar-refractivity contribution in [1.82, 2.24) is 0 Å². The summed E-state index contributed by atoms with van der Waals surface area (Å²) in [5.74, 6) is -0.341. The molecule has 1 aliphatic rings. The number of azo groups is 1. The van der Waals surface area contributed by atoms with Gasteiger partial charge < -0.3 is 25.2 Å². The van der Waals surface area contributed by atoms with Crippen molar-refractivity contribution in [1.29, 1.82) is 0 Å². The number of benzene rings is 3. The van der Waals surface area contributed by atoms with Crippen molar-refractivity contribution in [2.75, 3.05) is 48.7 Å². The number of anilines is 3. The fourth-order valence-electron chi connectivity index (χ4n) is 3.56. The second-order valence-electron chi connectivity index (χ2n) is 7.86. The highest BCUT2D eigenvalue weighted by Gasteiger charge is 2.10. The van der Waals surface area contributed by atoms with Crippen LogP contribution in [0.25, 0.3) is 0 Å². The number of hydrogen-bond acceptors (Lipinski definition) is 8. The summed E-state index contributed by atoms with van der Waals surface area (Å²) in [4.78, 5) is 14.1. The maximum Gasteiger partial charge on any atom is 0.338 e. The van der Waals surface area contributed by atoms with Gasteiger partial charge in [-0.2, -0.15) is 10.2 Å². The minimum absolute atomic E-state index is 0.341. The number of hydrazine groups is 1. The fourth-order valence-corrected chi connectivity index (χ4v) is 3.56. The van der Waals surface area contributed by atoms with Crippen molar-refractivity contribution in [2.24, 2.45) is 10.2 Å². The Kier molecular flexibility index (Phi) is 7.72. The molecule has 4 rings (SSSR count). The lowest BCUT2D eigenvalue weighted by atomic mass is 10.2. The van der Waals surface area contributed by atoms with Crippen LogP contribution in [-0.4, -0.2) is 38.9 Å². The van der Waals surface area contributed by atoms with E-state index >= 15 is 0 Å². The predicted molar refractivity (Wildman–Crippen MR) is 134 cm³/mol. The van der Waals surface area contributed by atoms with Gasteiger partial charge in [-0.05, 0) is 86.1 Å². The van der Waals surface area contributed by atoms with E-state index in [0.717, 1.165) is 48.9 Å². The van der Waals surface area contributed by atoms with Crippen molar-refractivity contribution in [3.63, 3.8) is 0 Å². The standard InChI is InChI=1S/C26H29N5O3/c1-3-34-26(32)20-4-6-21(7-5-20)28-30-25-13-10-23(18-19(25)2)29-27-22-8-11-24(12-9-22)31-14-16-33-17-15-31/h4-13,18,27,29H,3,14-17H2,1-2H3. The number of aryl methyl sites for hydroxylation is 1. The van der Waals surface area contributed by atoms with Gasteiger partial charge in [-0.25, -0.2) is 4.79 Å². The van der Waals surface area contributed by atoms with E-state index < -0.39 is 0 Å². The van der Waals surface area contributed by atoms with Crippen LogP contribution in [0.4, 0.5) is 28.4 Å². The first-order chi connectivity index (χ1) is 16.6. The molecular formula is C26H29N5O3. The number of esters is 1. The lowest BCUT2D eigenvalue weighted by molar-refractivity contribution is 0.0526. The summed E-state index contributed by atoms with van der Waals surface area (Å²) < 4.78 is 10.4. The van der Waals surface area contributed by atoms with Gasteiger partial charge in [0.2, 0.25) is 0 Å². The predicted octanol–water partition coefficient (Wildman–Crippen LogP) is 5.86. The third-order valence-electron chi connectivity index (χ3n) is 5.44. The van der Waals surface area contributed by atoms with Crippen molar-refractivity contribution in [3.05, 3.63) is 77.9 Å². The van der Waals surface area contributed by atoms with Crippen LogP contribution in [0.5, 0.6) is 0 Å². The summed E-state index contributed by atoms with van der Waals surface area (Å²) in [6, 6.07) is 21.1. The molecule has 0 aromatic heterocycles. The summed E-state index contributed by atoms with van der Waals surface area (Å²) in [5.41, 5.74) is 12.5. The van der Waals surface area contributed by atoms with E-state index in [0.29, 0.717) is 17.9 Å². The number of nitrogens with one attached hydrogen (secondary N) is 2. The van der Waals surface area contributed by atoms with Crippen LogP contribution in [0.15, 0.2) is 77.0 Å². The molecule has 0 spiro atoms. The number of carbonyl (C=O) groups excluding carboxylic acids is 1. The lowest BCUT2D eigenvalue weighted by Crippen LogP contribution is -2.36. The monoisotopic (exact) mass is 459 g/mol. The molecule has 1 aliphatic heterocycles. The molecule has 3 aromatic carbocycles. The van der Waals surface area contributed by atoms with Gasteiger partial charge in [0.15, 0.2) is 0 Å². The highest BCUT2D eigenvalue weighted by molar-refractivity contribution is 5.89. The molecule has 0 bridgehead atoms. The first-order valence-corrected chi connectivity index (χ1v) is 11.4. The van der Waals surface area contributed by atoms with Gasteiger partial charge in [0, 0.05) is 18.8 Å². The van der Waals surface area contributed by atoms with Gasteiger partial charge in [-0.1, -0.05) is 0 Å². The van der Waals surface area contributed by atoms with Crippen molar-refractivity contribution >= 4 is 34.4 Å². The van der Waals surface area contributed by atoms with E-state index in [1.165, 1.54) is 5.69 Å². The fraction of sp³-hybridized carbons (Fsp3) is 0.269. The maximum absolute atomic E-state index is 11.7. The summed E-state index contributed by atoms with van der Waals surface area (Å²) >= 11 is 0. The number of morpholine rings is 1. The van der Waals surface area contributed by atoms with Gasteiger partial charge in [0.25, 0.3) is 0 Å². The Balaban J connectivity index is 1.32. The molecule has 176 valence electrons. The molecule has 34 heavy (non-hydrogen) atoms.